The number of nitrogens with zero attached hydrogens (tertiary/aromatic N) is 6. The highest BCUT2D eigenvalue weighted by Crippen LogP contribution is 2.34. The van der Waals surface area contributed by atoms with Gasteiger partial charge in [-0.25, -0.2) is 14.6 Å². The molecule has 1 aliphatic heterocycles. The maximum absolute atomic E-state index is 14.5. The summed E-state index contributed by atoms with van der Waals surface area (Å²) in [5.74, 6) is 0.536. The molecule has 0 bridgehead atoms. The highest BCUT2D eigenvalue weighted by atomic mass is 35.5. The molecule has 0 atom stereocenters. The first-order valence-corrected chi connectivity index (χ1v) is 15.9. The van der Waals surface area contributed by atoms with E-state index < -0.39 is 11.8 Å². The average Bonchev–Trinajstić information content (AvgIpc) is 3.85. The van der Waals surface area contributed by atoms with Crippen molar-refractivity contribution in [1.29, 1.82) is 0 Å². The lowest BCUT2D eigenvalue weighted by Gasteiger charge is -2.30. The van der Waals surface area contributed by atoms with Crippen LogP contribution in [-0.2, 0) is 6.54 Å². The minimum Gasteiger partial charge on any atom is -0.495 e. The summed E-state index contributed by atoms with van der Waals surface area (Å²) in [6.07, 6.45) is 7.13. The number of hydrogen-bond acceptors (Lipinski definition) is 7. The minimum absolute atomic E-state index is 0.000181. The summed E-state index contributed by atoms with van der Waals surface area (Å²) in [7, 11) is 1.56. The Labute approximate surface area is 276 Å². The van der Waals surface area contributed by atoms with Gasteiger partial charge in [0, 0.05) is 36.1 Å². The summed E-state index contributed by atoms with van der Waals surface area (Å²) in [5.41, 5.74) is 2.79. The molecule has 2 aromatic heterocycles. The van der Waals surface area contributed by atoms with Gasteiger partial charge in [-0.05, 0) is 67.4 Å². The van der Waals surface area contributed by atoms with Crippen LogP contribution in [0.3, 0.4) is 0 Å². The number of carbonyl (C=O) groups excluding carboxylic acids is 3. The van der Waals surface area contributed by atoms with Crippen LogP contribution in [-0.4, -0.2) is 62.1 Å². The molecule has 10 nitrogen and oxygen atoms in total. The first kappa shape index (κ1) is 30.3. The molecule has 3 amide bonds. The fourth-order valence-electron chi connectivity index (χ4n) is 6.42. The van der Waals surface area contributed by atoms with Crippen LogP contribution < -0.4 is 9.64 Å². The Bertz CT molecular complexity index is 1950. The van der Waals surface area contributed by atoms with Gasteiger partial charge in [0.05, 0.1) is 41.1 Å². The summed E-state index contributed by atoms with van der Waals surface area (Å²) in [6.45, 7) is 0.671. The van der Waals surface area contributed by atoms with Gasteiger partial charge < -0.3 is 9.64 Å². The van der Waals surface area contributed by atoms with Crippen molar-refractivity contribution in [3.63, 3.8) is 0 Å². The molecule has 1 aliphatic carbocycles. The van der Waals surface area contributed by atoms with Gasteiger partial charge in [-0.15, -0.1) is 0 Å². The second kappa shape index (κ2) is 12.8. The molecule has 236 valence electrons. The van der Waals surface area contributed by atoms with E-state index in [1.165, 1.54) is 0 Å². The smallest absolute Gasteiger partial charge is 0.266 e. The van der Waals surface area contributed by atoms with Crippen LogP contribution in [0.4, 0.5) is 5.69 Å². The highest BCUT2D eigenvalue weighted by molar-refractivity contribution is 6.35. The predicted molar refractivity (Wildman–Crippen MR) is 178 cm³/mol. The molecule has 5 aromatic rings. The third-order valence-corrected chi connectivity index (χ3v) is 9.06. The van der Waals surface area contributed by atoms with E-state index in [9.17, 15) is 14.4 Å². The molecule has 1 saturated carbocycles. The Kier molecular flexibility index (Phi) is 8.26. The number of anilines is 1. The number of methoxy groups -OCH3 is 1. The van der Waals surface area contributed by atoms with E-state index in [1.54, 1.807) is 84.8 Å². The topological polar surface area (TPSA) is 111 Å². The van der Waals surface area contributed by atoms with E-state index in [2.05, 4.69) is 4.98 Å². The average molecular weight is 647 g/mol. The van der Waals surface area contributed by atoms with Gasteiger partial charge in [0.1, 0.15) is 5.75 Å². The molecule has 0 N–H and O–H groups in total. The summed E-state index contributed by atoms with van der Waals surface area (Å²) in [5, 5.41) is 5.29. The molecule has 0 saturated heterocycles. The zero-order valence-corrected chi connectivity index (χ0v) is 26.4. The Morgan fingerprint density at radius 2 is 1.60 bits per heavy atom. The summed E-state index contributed by atoms with van der Waals surface area (Å²) >= 11 is 6.50. The van der Waals surface area contributed by atoms with Crippen molar-refractivity contribution in [3.8, 4) is 28.5 Å². The van der Waals surface area contributed by atoms with Crippen molar-refractivity contribution >= 4 is 35.0 Å². The lowest BCUT2D eigenvalue weighted by molar-refractivity contribution is 0.0673. The molecule has 0 radical (unpaired) electrons. The number of aromatic nitrogens is 4. The molecule has 1 fully saturated rings. The van der Waals surface area contributed by atoms with Crippen molar-refractivity contribution in [3.05, 3.63) is 113 Å². The second-order valence-corrected chi connectivity index (χ2v) is 11.9. The van der Waals surface area contributed by atoms with E-state index in [0.29, 0.717) is 52.2 Å². The highest BCUT2D eigenvalue weighted by Gasteiger charge is 2.39. The maximum Gasteiger partial charge on any atom is 0.266 e. The van der Waals surface area contributed by atoms with Crippen molar-refractivity contribution in [1.82, 2.24) is 24.6 Å². The van der Waals surface area contributed by atoms with Crippen LogP contribution >= 0.6 is 11.6 Å². The van der Waals surface area contributed by atoms with Crippen LogP contribution in [0.15, 0.2) is 91.3 Å². The van der Waals surface area contributed by atoms with Gasteiger partial charge in [-0.3, -0.25) is 19.4 Å². The van der Waals surface area contributed by atoms with E-state index in [1.807, 2.05) is 23.1 Å². The molecule has 47 heavy (non-hydrogen) atoms. The van der Waals surface area contributed by atoms with Gasteiger partial charge in [-0.1, -0.05) is 48.7 Å². The first-order chi connectivity index (χ1) is 22.9. The fourth-order valence-corrected chi connectivity index (χ4v) is 6.68. The number of ether oxygens (including phenoxy) is 1. The maximum atomic E-state index is 14.5. The molecule has 11 heteroatoms. The third-order valence-electron chi connectivity index (χ3n) is 8.77. The quantitative estimate of drug-likeness (QED) is 0.167. The van der Waals surface area contributed by atoms with Crippen LogP contribution in [0, 0.1) is 0 Å². The summed E-state index contributed by atoms with van der Waals surface area (Å²) < 4.78 is 7.14. The first-order valence-electron chi connectivity index (χ1n) is 15.5. The van der Waals surface area contributed by atoms with Crippen LogP contribution in [0.5, 0.6) is 5.75 Å². The van der Waals surface area contributed by atoms with Gasteiger partial charge in [0.25, 0.3) is 17.7 Å². The molecule has 3 heterocycles. The zero-order valence-electron chi connectivity index (χ0n) is 25.7. The number of hydrogen-bond donors (Lipinski definition) is 0. The lowest BCUT2D eigenvalue weighted by atomic mass is 10.1. The van der Waals surface area contributed by atoms with Gasteiger partial charge in [0.15, 0.2) is 11.6 Å². The number of benzene rings is 3. The number of amides is 3. The minimum atomic E-state index is -0.438. The number of pyridine rings is 1. The van der Waals surface area contributed by atoms with Crippen molar-refractivity contribution in [2.75, 3.05) is 18.6 Å². The van der Waals surface area contributed by atoms with Gasteiger partial charge in [-0.2, -0.15) is 5.10 Å². The number of para-hydroxylation sites is 1. The lowest BCUT2D eigenvalue weighted by Crippen LogP contribution is -2.42. The van der Waals surface area contributed by atoms with Crippen LogP contribution in [0.25, 0.3) is 22.8 Å². The van der Waals surface area contributed by atoms with Crippen molar-refractivity contribution in [2.24, 2.45) is 0 Å². The molecule has 7 rings (SSSR count). The number of imide groups is 1. The predicted octanol–water partition coefficient (Wildman–Crippen LogP) is 6.55. The number of fused-ring (bicyclic) bond motifs is 1. The third kappa shape index (κ3) is 5.65. The normalized spacial score (nSPS) is 14.5. The molecule has 0 spiro atoms. The molecular formula is C36H31ClN6O4. The number of rotatable bonds is 9. The van der Waals surface area contributed by atoms with Gasteiger partial charge in [0.2, 0.25) is 0 Å². The fraction of sp³-hybridized carbons (Fsp3) is 0.222. The van der Waals surface area contributed by atoms with Crippen molar-refractivity contribution < 1.29 is 19.1 Å². The van der Waals surface area contributed by atoms with Crippen LogP contribution in [0.2, 0.25) is 5.02 Å². The molecule has 2 aliphatic rings. The summed E-state index contributed by atoms with van der Waals surface area (Å²) in [6, 6.07) is 22.7. The van der Waals surface area contributed by atoms with E-state index >= 15 is 0 Å². The van der Waals surface area contributed by atoms with Crippen molar-refractivity contribution in [2.45, 2.75) is 38.3 Å². The molecular weight excluding hydrogens is 616 g/mol. The Balaban J connectivity index is 1.23. The van der Waals surface area contributed by atoms with E-state index in [-0.39, 0.29) is 17.6 Å². The molecule has 0 unspecified atom stereocenters. The summed E-state index contributed by atoms with van der Waals surface area (Å²) in [4.78, 5) is 53.3. The Morgan fingerprint density at radius 1 is 0.915 bits per heavy atom. The number of halogens is 1. The number of carbonyl (C=O) groups is 3. The van der Waals surface area contributed by atoms with E-state index in [4.69, 9.17) is 26.4 Å². The zero-order chi connectivity index (χ0) is 32.5. The second-order valence-electron chi connectivity index (χ2n) is 11.5. The van der Waals surface area contributed by atoms with Gasteiger partial charge >= 0.3 is 0 Å². The molecule has 3 aromatic carbocycles. The largest absolute Gasteiger partial charge is 0.495 e. The van der Waals surface area contributed by atoms with Crippen LogP contribution in [0.1, 0.15) is 56.8 Å². The SMILES string of the molecule is COc1ccc(-c2nc(-c3ccncc3)nn2CCN(C(=O)c2ccccc2N2C(=O)c3ccccc3C2=O)C2CCCC2)cc1Cl. The Hall–Kier alpha value is -5.35. The Morgan fingerprint density at radius 3 is 2.28 bits per heavy atom. The standard InChI is InChI=1S/C36H31ClN6O4/c1-47-31-15-14-24(22-29(31)37)33-39-32(23-16-18-38-19-17-23)40-42(33)21-20-41(25-8-2-3-9-25)34(44)28-12-6-7-13-30(28)43-35(45)26-10-4-5-11-27(26)36(43)46/h4-7,10-19,22,25H,2-3,8-9,20-21H2,1H3. The monoisotopic (exact) mass is 646 g/mol. The van der Waals surface area contributed by atoms with E-state index in [0.717, 1.165) is 41.7 Å².